The minimum Gasteiger partial charge on any atom is -0.496 e. The lowest BCUT2D eigenvalue weighted by Crippen LogP contribution is -2.41. The number of halogens is 1. The molecule has 7 nitrogen and oxygen atoms in total. The van der Waals surface area contributed by atoms with Gasteiger partial charge >= 0.3 is 0 Å². The maximum absolute atomic E-state index is 13.6. The molecule has 0 bridgehead atoms. The van der Waals surface area contributed by atoms with Crippen molar-refractivity contribution in [1.29, 1.82) is 5.41 Å². The molecule has 2 aromatic rings. The number of nitrogens with zero attached hydrogens (tertiary/aromatic N) is 1. The zero-order valence-corrected chi connectivity index (χ0v) is 19.2. The fraction of sp³-hybridized carbons (Fsp3) is 0.346. The van der Waals surface area contributed by atoms with Crippen molar-refractivity contribution >= 4 is 18.1 Å². The van der Waals surface area contributed by atoms with Crippen LogP contribution in [0, 0.1) is 17.1 Å². The Bertz CT molecular complexity index is 1110. The fourth-order valence-electron chi connectivity index (χ4n) is 4.79. The van der Waals surface area contributed by atoms with Crippen LogP contribution in [0.1, 0.15) is 53.1 Å². The molecule has 1 fully saturated rings. The van der Waals surface area contributed by atoms with Gasteiger partial charge in [-0.25, -0.2) is 9.38 Å². The molecule has 2 aliphatic rings. The molecule has 8 heteroatoms. The lowest BCUT2D eigenvalue weighted by Gasteiger charge is -2.21. The molecule has 2 aromatic carbocycles. The number of nitrogens with two attached hydrogens (primary N) is 1. The second-order valence-corrected chi connectivity index (χ2v) is 8.70. The third-order valence-electron chi connectivity index (χ3n) is 6.59. The summed E-state index contributed by atoms with van der Waals surface area (Å²) in [5.41, 5.74) is 9.56. The van der Waals surface area contributed by atoms with Crippen LogP contribution < -0.4 is 21.1 Å². The average Bonchev–Trinajstić information content (AvgIpc) is 3.53. The molecule has 2 unspecified atom stereocenters. The zero-order chi connectivity index (χ0) is 24.1. The Kier molecular flexibility index (Phi) is 7.25. The van der Waals surface area contributed by atoms with E-state index in [2.05, 4.69) is 21.7 Å². The summed E-state index contributed by atoms with van der Waals surface area (Å²) in [5.74, 6) is 0.355. The van der Waals surface area contributed by atoms with Crippen LogP contribution in [-0.4, -0.2) is 31.2 Å². The van der Waals surface area contributed by atoms with Crippen LogP contribution in [0.25, 0.3) is 0 Å². The molecule has 5 N–H and O–H groups in total. The molecule has 1 amide bonds. The van der Waals surface area contributed by atoms with E-state index in [0.29, 0.717) is 24.0 Å². The maximum Gasteiger partial charge on any atom is 0.255 e. The van der Waals surface area contributed by atoms with Gasteiger partial charge in [-0.1, -0.05) is 43.2 Å². The normalized spacial score (nSPS) is 20.5. The van der Waals surface area contributed by atoms with Crippen molar-refractivity contribution in [1.82, 2.24) is 10.6 Å². The lowest BCUT2D eigenvalue weighted by atomic mass is 9.91. The van der Waals surface area contributed by atoms with Gasteiger partial charge in [0.15, 0.2) is 0 Å². The number of benzene rings is 2. The summed E-state index contributed by atoms with van der Waals surface area (Å²) in [7, 11) is 1.44. The van der Waals surface area contributed by atoms with Crippen LogP contribution in [0.5, 0.6) is 5.75 Å². The van der Waals surface area contributed by atoms with Crippen molar-refractivity contribution in [3.8, 4) is 5.75 Å². The van der Waals surface area contributed by atoms with Gasteiger partial charge < -0.3 is 21.1 Å². The first kappa shape index (κ1) is 23.5. The number of carbonyl (C=O) groups is 1. The van der Waals surface area contributed by atoms with Crippen LogP contribution in [0.3, 0.4) is 0 Å². The molecule has 178 valence electrons. The number of methoxy groups -OCH3 is 1. The summed E-state index contributed by atoms with van der Waals surface area (Å²) in [4.78, 5) is 16.6. The fourth-order valence-corrected chi connectivity index (χ4v) is 4.79. The van der Waals surface area contributed by atoms with Crippen molar-refractivity contribution in [3.05, 3.63) is 76.7 Å². The number of rotatable bonds is 8. The van der Waals surface area contributed by atoms with Crippen LogP contribution in [0.4, 0.5) is 4.39 Å². The lowest BCUT2D eigenvalue weighted by molar-refractivity contribution is 0.0947. The topological polar surface area (TPSA) is 113 Å². The summed E-state index contributed by atoms with van der Waals surface area (Å²) >= 11 is 0. The van der Waals surface area contributed by atoms with Crippen molar-refractivity contribution in [2.24, 2.45) is 16.6 Å². The molecule has 0 radical (unpaired) electrons. The number of nitrogens with one attached hydrogen (secondary N) is 3. The van der Waals surface area contributed by atoms with Crippen LogP contribution in [0.2, 0.25) is 0 Å². The van der Waals surface area contributed by atoms with Gasteiger partial charge in [0, 0.05) is 18.2 Å². The summed E-state index contributed by atoms with van der Waals surface area (Å²) in [6, 6.07) is 11.6. The van der Waals surface area contributed by atoms with Crippen molar-refractivity contribution < 1.29 is 13.9 Å². The van der Waals surface area contributed by atoms with E-state index in [0.717, 1.165) is 17.5 Å². The summed E-state index contributed by atoms with van der Waals surface area (Å²) in [6.07, 6.45) is 8.06. The van der Waals surface area contributed by atoms with Gasteiger partial charge in [0.25, 0.3) is 5.91 Å². The van der Waals surface area contributed by atoms with Crippen molar-refractivity contribution in [3.63, 3.8) is 0 Å². The first-order valence-corrected chi connectivity index (χ1v) is 11.5. The molecule has 34 heavy (non-hydrogen) atoms. The Morgan fingerprint density at radius 2 is 2.00 bits per heavy atom. The molecule has 4 rings (SSSR count). The minimum absolute atomic E-state index is 0.0134. The average molecular weight is 464 g/mol. The van der Waals surface area contributed by atoms with Gasteiger partial charge in [0.05, 0.1) is 18.7 Å². The number of hydrogen-bond acceptors (Lipinski definition) is 4. The highest BCUT2D eigenvalue weighted by atomic mass is 19.1. The third kappa shape index (κ3) is 5.11. The molecule has 1 heterocycles. The van der Waals surface area contributed by atoms with Gasteiger partial charge in [-0.3, -0.25) is 10.2 Å². The van der Waals surface area contributed by atoms with E-state index in [4.69, 9.17) is 15.9 Å². The van der Waals surface area contributed by atoms with Crippen LogP contribution in [-0.2, 0) is 6.54 Å². The summed E-state index contributed by atoms with van der Waals surface area (Å²) < 4.78 is 18.8. The number of amides is 1. The molecule has 0 aromatic heterocycles. The number of allylic oxidation sites excluding steroid dienone is 1. The number of ether oxygens (including phenoxy) is 1. The molecular formula is C26H30FN5O2. The summed E-state index contributed by atoms with van der Waals surface area (Å²) in [5, 5.41) is 13.7. The van der Waals surface area contributed by atoms with Gasteiger partial charge in [-0.2, -0.15) is 0 Å². The molecule has 1 aliphatic carbocycles. The first-order chi connectivity index (χ1) is 16.5. The molecule has 1 saturated carbocycles. The van der Waals surface area contributed by atoms with E-state index in [-0.39, 0.29) is 17.5 Å². The largest absolute Gasteiger partial charge is 0.496 e. The Morgan fingerprint density at radius 1 is 1.26 bits per heavy atom. The Labute approximate surface area is 198 Å². The van der Waals surface area contributed by atoms with E-state index in [9.17, 15) is 9.18 Å². The van der Waals surface area contributed by atoms with Gasteiger partial charge in [-0.15, -0.1) is 0 Å². The highest BCUT2D eigenvalue weighted by Crippen LogP contribution is 2.37. The SMILES string of the molecule is COc1ccc(F)cc1C(=O)NCc1ccc(C2C=C(C3CCCC3)NC2/C(N)=N\C=N)cc1. The third-order valence-corrected chi connectivity index (χ3v) is 6.59. The first-order valence-electron chi connectivity index (χ1n) is 11.5. The molecule has 0 saturated heterocycles. The van der Waals surface area contributed by atoms with Gasteiger partial charge in [0.1, 0.15) is 23.7 Å². The van der Waals surface area contributed by atoms with E-state index in [1.807, 2.05) is 24.3 Å². The Morgan fingerprint density at radius 3 is 2.68 bits per heavy atom. The van der Waals surface area contributed by atoms with Crippen molar-refractivity contribution in [2.45, 2.75) is 44.2 Å². The maximum atomic E-state index is 13.6. The predicted molar refractivity (Wildman–Crippen MR) is 131 cm³/mol. The summed E-state index contributed by atoms with van der Waals surface area (Å²) in [6.45, 7) is 0.297. The smallest absolute Gasteiger partial charge is 0.255 e. The van der Waals surface area contributed by atoms with Crippen LogP contribution in [0.15, 0.2) is 59.2 Å². The van der Waals surface area contributed by atoms with E-state index in [1.54, 1.807) is 0 Å². The van der Waals surface area contributed by atoms with Gasteiger partial charge in [-0.05, 0) is 48.1 Å². The van der Waals surface area contributed by atoms with E-state index in [1.165, 1.54) is 56.7 Å². The predicted octanol–water partition coefficient (Wildman–Crippen LogP) is 3.86. The number of aliphatic imine (C=N–C) groups is 1. The van der Waals surface area contributed by atoms with Crippen LogP contribution >= 0.6 is 0 Å². The monoisotopic (exact) mass is 463 g/mol. The van der Waals surface area contributed by atoms with E-state index >= 15 is 0 Å². The number of hydrogen-bond donors (Lipinski definition) is 4. The second kappa shape index (κ2) is 10.5. The van der Waals surface area contributed by atoms with E-state index < -0.39 is 11.7 Å². The molecular weight excluding hydrogens is 433 g/mol. The quantitative estimate of drug-likeness (QED) is 0.352. The minimum atomic E-state index is -0.495. The highest BCUT2D eigenvalue weighted by Gasteiger charge is 2.34. The standard InChI is InChI=1S/C26H30FN5O2/c1-34-23-11-10-19(27)12-21(23)26(33)30-14-16-6-8-17(9-7-16)20-13-22(18-4-2-3-5-18)32-24(20)25(29)31-15-28/h6-13,15,18,20,24,32H,2-5,14H2,1H3,(H,30,33)(H3,28,29,31). The molecule has 2 atom stereocenters. The zero-order valence-electron chi connectivity index (χ0n) is 19.2. The van der Waals surface area contributed by atoms with Gasteiger partial charge in [0.2, 0.25) is 0 Å². The Balaban J connectivity index is 1.47. The second-order valence-electron chi connectivity index (χ2n) is 8.70. The number of carbonyl (C=O) groups excluding carboxylic acids is 1. The highest BCUT2D eigenvalue weighted by molar-refractivity contribution is 5.97. The molecule has 1 aliphatic heterocycles. The molecule has 0 spiro atoms. The van der Waals surface area contributed by atoms with Crippen molar-refractivity contribution in [2.75, 3.05) is 7.11 Å². The Hall–Kier alpha value is -3.68. The number of amidine groups is 1.